The molecule has 0 aliphatic rings. The van der Waals surface area contributed by atoms with Crippen molar-refractivity contribution in [2.75, 3.05) is 13.1 Å². The second kappa shape index (κ2) is 7.05. The summed E-state index contributed by atoms with van der Waals surface area (Å²) in [5.41, 5.74) is 7.11. The maximum Gasteiger partial charge on any atom is 0.0635 e. The number of benzene rings is 1. The molecule has 0 heterocycles. The Bertz CT molecular complexity index is 353. The van der Waals surface area contributed by atoms with E-state index >= 15 is 0 Å². The van der Waals surface area contributed by atoms with Gasteiger partial charge in [-0.25, -0.2) is 0 Å². The van der Waals surface area contributed by atoms with Crippen LogP contribution in [0.25, 0.3) is 0 Å². The van der Waals surface area contributed by atoms with E-state index in [0.717, 1.165) is 6.54 Å². The molecule has 0 saturated heterocycles. The molecular weight excluding hydrogens is 210 g/mol. The Hall–Kier alpha value is -1.37. The monoisotopic (exact) mass is 231 g/mol. The third-order valence-corrected chi connectivity index (χ3v) is 2.95. The zero-order chi connectivity index (χ0) is 12.7. The van der Waals surface area contributed by atoms with Crippen molar-refractivity contribution in [2.24, 2.45) is 5.73 Å². The summed E-state index contributed by atoms with van der Waals surface area (Å²) >= 11 is 0. The highest BCUT2D eigenvalue weighted by atomic mass is 15.2. The summed E-state index contributed by atoms with van der Waals surface area (Å²) in [6, 6.07) is 13.0. The first kappa shape index (κ1) is 13.7. The van der Waals surface area contributed by atoms with E-state index in [1.165, 1.54) is 5.56 Å². The summed E-state index contributed by atoms with van der Waals surface area (Å²) < 4.78 is 0. The molecule has 1 unspecified atom stereocenters. The fraction of sp³-hybridized carbons (Fsp3) is 0.500. The third-order valence-electron chi connectivity index (χ3n) is 2.95. The van der Waals surface area contributed by atoms with Crippen molar-refractivity contribution in [3.05, 3.63) is 35.9 Å². The summed E-state index contributed by atoms with van der Waals surface area (Å²) in [5, 5.41) is 8.71. The predicted molar refractivity (Wildman–Crippen MR) is 70.3 cm³/mol. The van der Waals surface area contributed by atoms with E-state index < -0.39 is 0 Å². The fourth-order valence-electron chi connectivity index (χ4n) is 2.09. The Balaban J connectivity index is 2.86. The van der Waals surface area contributed by atoms with Crippen LogP contribution in [0.2, 0.25) is 0 Å². The number of hydrogen-bond donors (Lipinski definition) is 1. The zero-order valence-corrected chi connectivity index (χ0v) is 10.6. The first-order valence-electron chi connectivity index (χ1n) is 6.08. The lowest BCUT2D eigenvalue weighted by Crippen LogP contribution is -2.39. The molecule has 0 bridgehead atoms. The van der Waals surface area contributed by atoms with Crippen LogP contribution in [0, 0.1) is 11.3 Å². The second-order valence-corrected chi connectivity index (χ2v) is 4.40. The Morgan fingerprint density at radius 2 is 1.94 bits per heavy atom. The van der Waals surface area contributed by atoms with Crippen LogP contribution in [0.15, 0.2) is 30.3 Å². The van der Waals surface area contributed by atoms with Gasteiger partial charge in [-0.1, -0.05) is 30.3 Å². The Morgan fingerprint density at radius 3 is 2.41 bits per heavy atom. The van der Waals surface area contributed by atoms with E-state index in [9.17, 15) is 0 Å². The molecule has 3 heteroatoms. The van der Waals surface area contributed by atoms with Gasteiger partial charge in [-0.05, 0) is 19.4 Å². The highest BCUT2D eigenvalue weighted by Gasteiger charge is 2.20. The van der Waals surface area contributed by atoms with Crippen LogP contribution in [0.1, 0.15) is 31.9 Å². The number of nitrogens with zero attached hydrogens (tertiary/aromatic N) is 2. The Labute approximate surface area is 104 Å². The van der Waals surface area contributed by atoms with Crippen molar-refractivity contribution in [3.63, 3.8) is 0 Å². The van der Waals surface area contributed by atoms with E-state index in [2.05, 4.69) is 36.9 Å². The molecule has 1 rings (SSSR count). The van der Waals surface area contributed by atoms with Gasteiger partial charge in [0.05, 0.1) is 6.07 Å². The fourth-order valence-corrected chi connectivity index (χ4v) is 2.09. The van der Waals surface area contributed by atoms with Crippen LogP contribution >= 0.6 is 0 Å². The lowest BCUT2D eigenvalue weighted by Gasteiger charge is -2.34. The average molecular weight is 231 g/mol. The minimum Gasteiger partial charge on any atom is -0.329 e. The molecule has 1 aromatic rings. The highest BCUT2D eigenvalue weighted by molar-refractivity contribution is 5.19. The first-order valence-corrected chi connectivity index (χ1v) is 6.08. The Kier molecular flexibility index (Phi) is 5.68. The van der Waals surface area contributed by atoms with Crippen LogP contribution in [0.4, 0.5) is 0 Å². The largest absolute Gasteiger partial charge is 0.329 e. The molecule has 1 atom stereocenters. The van der Waals surface area contributed by atoms with Gasteiger partial charge in [0.1, 0.15) is 0 Å². The van der Waals surface area contributed by atoms with Crippen LogP contribution in [0.3, 0.4) is 0 Å². The quantitative estimate of drug-likeness (QED) is 0.817. The van der Waals surface area contributed by atoms with Gasteiger partial charge in [0.2, 0.25) is 0 Å². The van der Waals surface area contributed by atoms with Gasteiger partial charge < -0.3 is 5.73 Å². The van der Waals surface area contributed by atoms with Gasteiger partial charge >= 0.3 is 0 Å². The number of nitriles is 1. The van der Waals surface area contributed by atoms with Crippen molar-refractivity contribution in [1.82, 2.24) is 4.90 Å². The second-order valence-electron chi connectivity index (χ2n) is 4.40. The van der Waals surface area contributed by atoms with Gasteiger partial charge in [0.25, 0.3) is 0 Å². The molecule has 0 radical (unpaired) electrons. The van der Waals surface area contributed by atoms with E-state index in [0.29, 0.717) is 19.0 Å². The molecule has 0 aromatic heterocycles. The predicted octanol–water partition coefficient (Wildman–Crippen LogP) is 2.31. The summed E-state index contributed by atoms with van der Waals surface area (Å²) in [6.45, 7) is 5.63. The Morgan fingerprint density at radius 1 is 1.29 bits per heavy atom. The van der Waals surface area contributed by atoms with Crippen molar-refractivity contribution in [1.29, 1.82) is 5.26 Å². The van der Waals surface area contributed by atoms with Gasteiger partial charge in [-0.15, -0.1) is 0 Å². The molecule has 3 nitrogen and oxygen atoms in total. The summed E-state index contributed by atoms with van der Waals surface area (Å²) in [4.78, 5) is 2.29. The van der Waals surface area contributed by atoms with Crippen molar-refractivity contribution in [3.8, 4) is 6.07 Å². The molecule has 0 aliphatic heterocycles. The topological polar surface area (TPSA) is 53.0 Å². The number of hydrogen-bond acceptors (Lipinski definition) is 3. The molecule has 0 spiro atoms. The lowest BCUT2D eigenvalue weighted by atomic mass is 10.0. The molecule has 0 aliphatic carbocycles. The van der Waals surface area contributed by atoms with Crippen LogP contribution < -0.4 is 5.73 Å². The number of nitrogens with two attached hydrogens (primary N) is 1. The summed E-state index contributed by atoms with van der Waals surface area (Å²) in [6.07, 6.45) is 0.543. The molecule has 0 saturated carbocycles. The number of rotatable bonds is 6. The zero-order valence-electron chi connectivity index (χ0n) is 10.6. The maximum atomic E-state index is 8.71. The molecule has 0 amide bonds. The van der Waals surface area contributed by atoms with E-state index in [1.807, 2.05) is 18.2 Å². The molecular formula is C14H21N3. The van der Waals surface area contributed by atoms with Crippen LogP contribution in [-0.4, -0.2) is 24.0 Å². The lowest BCUT2D eigenvalue weighted by molar-refractivity contribution is 0.161. The minimum atomic E-state index is 0.199. The summed E-state index contributed by atoms with van der Waals surface area (Å²) in [5.74, 6) is 0. The van der Waals surface area contributed by atoms with Crippen molar-refractivity contribution in [2.45, 2.75) is 32.4 Å². The average Bonchev–Trinajstić information content (AvgIpc) is 2.35. The van der Waals surface area contributed by atoms with Crippen molar-refractivity contribution < 1.29 is 0 Å². The van der Waals surface area contributed by atoms with Gasteiger partial charge in [-0.3, -0.25) is 4.90 Å². The highest BCUT2D eigenvalue weighted by Crippen LogP contribution is 2.21. The molecule has 1 aromatic carbocycles. The maximum absolute atomic E-state index is 8.71. The van der Waals surface area contributed by atoms with E-state index in [4.69, 9.17) is 11.0 Å². The molecule has 2 N–H and O–H groups in total. The molecule has 17 heavy (non-hydrogen) atoms. The smallest absolute Gasteiger partial charge is 0.0635 e. The van der Waals surface area contributed by atoms with E-state index in [-0.39, 0.29) is 6.04 Å². The third kappa shape index (κ3) is 3.85. The standard InChI is InChI=1S/C14H21N3/c1-12(2)17(10-6-9-15)14(11-16)13-7-4-3-5-8-13/h3-5,7-8,12,14H,6,10-11,16H2,1-2H3. The SMILES string of the molecule is CC(C)N(CCC#N)C(CN)c1ccccc1. The minimum absolute atomic E-state index is 0.199. The van der Waals surface area contributed by atoms with Gasteiger partial charge in [-0.2, -0.15) is 5.26 Å². The van der Waals surface area contributed by atoms with Crippen LogP contribution in [-0.2, 0) is 0 Å². The molecule has 0 fully saturated rings. The van der Waals surface area contributed by atoms with Gasteiger partial charge in [0, 0.05) is 31.6 Å². The van der Waals surface area contributed by atoms with Crippen molar-refractivity contribution >= 4 is 0 Å². The first-order chi connectivity index (χ1) is 8.20. The van der Waals surface area contributed by atoms with E-state index in [1.54, 1.807) is 0 Å². The normalized spacial score (nSPS) is 12.7. The van der Waals surface area contributed by atoms with Crippen LogP contribution in [0.5, 0.6) is 0 Å². The molecule has 92 valence electrons. The van der Waals surface area contributed by atoms with Gasteiger partial charge in [0.15, 0.2) is 0 Å². The summed E-state index contributed by atoms with van der Waals surface area (Å²) in [7, 11) is 0.